The van der Waals surface area contributed by atoms with Crippen molar-refractivity contribution in [2.75, 3.05) is 6.61 Å². The van der Waals surface area contributed by atoms with Crippen LogP contribution in [0.2, 0.25) is 0 Å². The van der Waals surface area contributed by atoms with Crippen LogP contribution in [0.15, 0.2) is 29.8 Å². The smallest absolute Gasteiger partial charge is 0.328 e. The quantitative estimate of drug-likeness (QED) is 0.629. The standard InChI is InChI=1S/C12H11FO4/c1-8(4-12(15)16)7-17-11-3-2-9(6-14)5-10(11)13/h2-6H,7H2,1H3,(H,15,16)/b8-4-. The summed E-state index contributed by atoms with van der Waals surface area (Å²) in [6, 6.07) is 3.80. The summed E-state index contributed by atoms with van der Waals surface area (Å²) >= 11 is 0. The molecule has 0 unspecified atom stereocenters. The van der Waals surface area contributed by atoms with Crippen LogP contribution >= 0.6 is 0 Å². The third kappa shape index (κ3) is 4.06. The van der Waals surface area contributed by atoms with Crippen LogP contribution in [0.1, 0.15) is 17.3 Å². The molecule has 1 rings (SSSR count). The number of hydrogen-bond donors (Lipinski definition) is 1. The molecule has 90 valence electrons. The van der Waals surface area contributed by atoms with E-state index in [0.717, 1.165) is 12.1 Å². The second kappa shape index (κ2) is 5.79. The molecular formula is C12H11FO4. The van der Waals surface area contributed by atoms with Crippen LogP contribution in [0.3, 0.4) is 0 Å². The number of aliphatic carboxylic acids is 1. The van der Waals surface area contributed by atoms with Crippen molar-refractivity contribution in [1.82, 2.24) is 0 Å². The molecule has 0 fully saturated rings. The zero-order valence-corrected chi connectivity index (χ0v) is 9.14. The Kier molecular flexibility index (Phi) is 4.39. The Balaban J connectivity index is 2.70. The highest BCUT2D eigenvalue weighted by Crippen LogP contribution is 2.18. The number of halogens is 1. The molecule has 0 spiro atoms. The minimum absolute atomic E-state index is 0.0197. The van der Waals surface area contributed by atoms with Crippen LogP contribution in [-0.2, 0) is 4.79 Å². The number of benzene rings is 1. The molecule has 0 heterocycles. The first kappa shape index (κ1) is 12.9. The zero-order valence-electron chi connectivity index (χ0n) is 9.14. The van der Waals surface area contributed by atoms with E-state index >= 15 is 0 Å². The summed E-state index contributed by atoms with van der Waals surface area (Å²) in [4.78, 5) is 20.7. The highest BCUT2D eigenvalue weighted by atomic mass is 19.1. The van der Waals surface area contributed by atoms with Gasteiger partial charge in [0.25, 0.3) is 0 Å². The fourth-order valence-corrected chi connectivity index (χ4v) is 1.15. The molecule has 17 heavy (non-hydrogen) atoms. The lowest BCUT2D eigenvalue weighted by Crippen LogP contribution is -2.03. The second-order valence-electron chi connectivity index (χ2n) is 3.43. The van der Waals surface area contributed by atoms with E-state index in [4.69, 9.17) is 9.84 Å². The van der Waals surface area contributed by atoms with Gasteiger partial charge in [0, 0.05) is 11.6 Å². The number of carboxylic acid groups (broad SMARTS) is 1. The maximum absolute atomic E-state index is 13.3. The highest BCUT2D eigenvalue weighted by Gasteiger charge is 2.05. The van der Waals surface area contributed by atoms with Gasteiger partial charge in [-0.2, -0.15) is 0 Å². The Morgan fingerprint density at radius 3 is 2.76 bits per heavy atom. The number of carbonyl (C=O) groups excluding carboxylic acids is 1. The Morgan fingerprint density at radius 1 is 1.53 bits per heavy atom. The van der Waals surface area contributed by atoms with E-state index in [-0.39, 0.29) is 17.9 Å². The van der Waals surface area contributed by atoms with Gasteiger partial charge in [-0.25, -0.2) is 9.18 Å². The lowest BCUT2D eigenvalue weighted by molar-refractivity contribution is -0.131. The monoisotopic (exact) mass is 238 g/mol. The molecule has 1 aromatic carbocycles. The van der Waals surface area contributed by atoms with E-state index < -0.39 is 11.8 Å². The Morgan fingerprint density at radius 2 is 2.24 bits per heavy atom. The Bertz CT molecular complexity index is 466. The SMILES string of the molecule is C/C(=C/C(=O)O)COc1ccc(C=O)cc1F. The molecule has 0 atom stereocenters. The van der Waals surface area contributed by atoms with Crippen LogP contribution in [0.5, 0.6) is 5.75 Å². The molecule has 0 aromatic heterocycles. The van der Waals surface area contributed by atoms with Crippen molar-refractivity contribution in [3.05, 3.63) is 41.2 Å². The van der Waals surface area contributed by atoms with Crippen LogP contribution in [-0.4, -0.2) is 24.0 Å². The van der Waals surface area contributed by atoms with E-state index in [9.17, 15) is 14.0 Å². The molecule has 0 saturated carbocycles. The normalized spacial score (nSPS) is 11.1. The molecule has 1 N–H and O–H groups in total. The van der Waals surface area contributed by atoms with Crippen LogP contribution in [0.4, 0.5) is 4.39 Å². The van der Waals surface area contributed by atoms with Crippen molar-refractivity contribution in [3.8, 4) is 5.75 Å². The van der Waals surface area contributed by atoms with Crippen molar-refractivity contribution in [2.24, 2.45) is 0 Å². The van der Waals surface area contributed by atoms with Crippen LogP contribution in [0, 0.1) is 5.82 Å². The topological polar surface area (TPSA) is 63.6 Å². The molecule has 0 aliphatic carbocycles. The molecule has 0 aliphatic rings. The predicted molar refractivity (Wildman–Crippen MR) is 58.7 cm³/mol. The number of ether oxygens (including phenoxy) is 1. The van der Waals surface area contributed by atoms with E-state index in [1.54, 1.807) is 6.92 Å². The fraction of sp³-hybridized carbons (Fsp3) is 0.167. The molecule has 4 nitrogen and oxygen atoms in total. The van der Waals surface area contributed by atoms with Crippen molar-refractivity contribution in [2.45, 2.75) is 6.92 Å². The maximum atomic E-state index is 13.3. The van der Waals surface area contributed by atoms with Gasteiger partial charge >= 0.3 is 5.97 Å². The fourth-order valence-electron chi connectivity index (χ4n) is 1.15. The lowest BCUT2D eigenvalue weighted by atomic mass is 10.2. The number of aldehydes is 1. The number of hydrogen-bond acceptors (Lipinski definition) is 3. The minimum Gasteiger partial charge on any atom is -0.486 e. The van der Waals surface area contributed by atoms with Crippen LogP contribution < -0.4 is 4.74 Å². The van der Waals surface area contributed by atoms with Gasteiger partial charge in [0.15, 0.2) is 11.6 Å². The molecule has 0 radical (unpaired) electrons. The van der Waals surface area contributed by atoms with Gasteiger partial charge in [-0.05, 0) is 30.7 Å². The van der Waals surface area contributed by atoms with Crippen molar-refractivity contribution in [3.63, 3.8) is 0 Å². The molecule has 1 aromatic rings. The second-order valence-corrected chi connectivity index (χ2v) is 3.43. The first-order chi connectivity index (χ1) is 8.02. The van der Waals surface area contributed by atoms with Gasteiger partial charge in [-0.3, -0.25) is 4.79 Å². The van der Waals surface area contributed by atoms with Gasteiger partial charge in [-0.1, -0.05) is 0 Å². The molecule has 0 bridgehead atoms. The van der Waals surface area contributed by atoms with Crippen molar-refractivity contribution < 1.29 is 23.8 Å². The van der Waals surface area contributed by atoms with E-state index in [1.165, 1.54) is 12.1 Å². The van der Waals surface area contributed by atoms with Crippen LogP contribution in [0.25, 0.3) is 0 Å². The number of carboxylic acids is 1. The van der Waals surface area contributed by atoms with E-state index in [2.05, 4.69) is 0 Å². The Labute approximate surface area is 97.3 Å². The zero-order chi connectivity index (χ0) is 12.8. The molecule has 5 heteroatoms. The summed E-state index contributed by atoms with van der Waals surface area (Å²) in [5.41, 5.74) is 0.670. The van der Waals surface area contributed by atoms with Gasteiger partial charge in [0.2, 0.25) is 0 Å². The maximum Gasteiger partial charge on any atom is 0.328 e. The van der Waals surface area contributed by atoms with Gasteiger partial charge < -0.3 is 9.84 Å². The number of carbonyl (C=O) groups is 2. The van der Waals surface area contributed by atoms with Gasteiger partial charge in [0.05, 0.1) is 0 Å². The molecular weight excluding hydrogens is 227 g/mol. The summed E-state index contributed by atoms with van der Waals surface area (Å²) < 4.78 is 18.4. The summed E-state index contributed by atoms with van der Waals surface area (Å²) in [5, 5.41) is 8.46. The first-order valence-electron chi connectivity index (χ1n) is 4.80. The van der Waals surface area contributed by atoms with E-state index in [0.29, 0.717) is 11.9 Å². The first-order valence-corrected chi connectivity index (χ1v) is 4.80. The average Bonchev–Trinajstić information content (AvgIpc) is 2.26. The summed E-state index contributed by atoms with van der Waals surface area (Å²) in [6.45, 7) is 1.54. The molecule has 0 saturated heterocycles. The van der Waals surface area contributed by atoms with Gasteiger partial charge in [0.1, 0.15) is 12.9 Å². The minimum atomic E-state index is -1.08. The van der Waals surface area contributed by atoms with Crippen molar-refractivity contribution >= 4 is 12.3 Å². The lowest BCUT2D eigenvalue weighted by Gasteiger charge is -2.07. The highest BCUT2D eigenvalue weighted by molar-refractivity contribution is 5.80. The average molecular weight is 238 g/mol. The summed E-state index contributed by atoms with van der Waals surface area (Å²) in [6.07, 6.45) is 1.51. The number of rotatable bonds is 5. The Hall–Kier alpha value is -2.17. The predicted octanol–water partition coefficient (Wildman–Crippen LogP) is 2.05. The summed E-state index contributed by atoms with van der Waals surface area (Å²) in [5.74, 6) is -1.76. The van der Waals surface area contributed by atoms with Crippen molar-refractivity contribution in [1.29, 1.82) is 0 Å². The van der Waals surface area contributed by atoms with E-state index in [1.807, 2.05) is 0 Å². The largest absolute Gasteiger partial charge is 0.486 e. The third-order valence-electron chi connectivity index (χ3n) is 1.92. The third-order valence-corrected chi connectivity index (χ3v) is 1.92. The summed E-state index contributed by atoms with van der Waals surface area (Å²) in [7, 11) is 0. The molecule has 0 aliphatic heterocycles. The van der Waals surface area contributed by atoms with Gasteiger partial charge in [-0.15, -0.1) is 0 Å². The molecule has 0 amide bonds.